The van der Waals surface area contributed by atoms with Crippen LogP contribution in [0.4, 0.5) is 0 Å². The van der Waals surface area contributed by atoms with Gasteiger partial charge in [-0.2, -0.15) is 0 Å². The fourth-order valence-corrected chi connectivity index (χ4v) is 1.39. The molecule has 0 aliphatic rings. The van der Waals surface area contributed by atoms with Crippen LogP contribution in [-0.2, 0) is 6.42 Å². The second-order valence-electron chi connectivity index (χ2n) is 3.02. The number of pyridine rings is 1. The molecule has 3 nitrogen and oxygen atoms in total. The highest BCUT2D eigenvalue weighted by atomic mass is 79.9. The third-order valence-corrected chi connectivity index (χ3v) is 2.20. The molecule has 2 N–H and O–H groups in total. The standard InChI is InChI=1S/C9H12BrNO2/c1-6(12)9(13)3-7-2-8(10)5-11-4-7/h2,4-6,9,12-13H,3H2,1H3. The highest BCUT2D eigenvalue weighted by Crippen LogP contribution is 2.12. The van der Waals surface area contributed by atoms with Gasteiger partial charge in [0, 0.05) is 23.3 Å². The lowest BCUT2D eigenvalue weighted by Crippen LogP contribution is -2.24. The first-order chi connectivity index (χ1) is 6.09. The summed E-state index contributed by atoms with van der Waals surface area (Å²) in [5, 5.41) is 18.4. The van der Waals surface area contributed by atoms with Gasteiger partial charge in [-0.1, -0.05) is 0 Å². The van der Waals surface area contributed by atoms with Crippen LogP contribution in [0.5, 0.6) is 0 Å². The molecule has 1 aromatic rings. The largest absolute Gasteiger partial charge is 0.391 e. The molecule has 1 aromatic heterocycles. The molecule has 1 rings (SSSR count). The van der Waals surface area contributed by atoms with Gasteiger partial charge in [0.2, 0.25) is 0 Å². The number of aliphatic hydroxyl groups is 2. The minimum atomic E-state index is -0.726. The summed E-state index contributed by atoms with van der Waals surface area (Å²) in [6, 6.07) is 1.87. The highest BCUT2D eigenvalue weighted by Gasteiger charge is 2.11. The summed E-state index contributed by atoms with van der Waals surface area (Å²) >= 11 is 3.28. The molecule has 0 bridgehead atoms. The summed E-state index contributed by atoms with van der Waals surface area (Å²) in [6.45, 7) is 1.57. The first-order valence-corrected chi connectivity index (χ1v) is 4.84. The number of hydrogen-bond donors (Lipinski definition) is 2. The van der Waals surface area contributed by atoms with Crippen LogP contribution in [0.1, 0.15) is 12.5 Å². The average Bonchev–Trinajstić information content (AvgIpc) is 2.04. The summed E-state index contributed by atoms with van der Waals surface area (Å²) in [5.41, 5.74) is 0.905. The van der Waals surface area contributed by atoms with E-state index >= 15 is 0 Å². The van der Waals surface area contributed by atoms with Gasteiger partial charge in [-0.05, 0) is 34.5 Å². The van der Waals surface area contributed by atoms with E-state index < -0.39 is 12.2 Å². The van der Waals surface area contributed by atoms with E-state index in [9.17, 15) is 5.11 Å². The van der Waals surface area contributed by atoms with E-state index in [0.29, 0.717) is 6.42 Å². The van der Waals surface area contributed by atoms with Crippen LogP contribution in [0, 0.1) is 0 Å². The molecule has 0 aliphatic heterocycles. The number of rotatable bonds is 3. The Hall–Kier alpha value is -0.450. The van der Waals surface area contributed by atoms with Crippen molar-refractivity contribution in [1.82, 2.24) is 4.98 Å². The lowest BCUT2D eigenvalue weighted by Gasteiger charge is -2.12. The van der Waals surface area contributed by atoms with Crippen molar-refractivity contribution in [3.63, 3.8) is 0 Å². The van der Waals surface area contributed by atoms with Gasteiger partial charge in [-0.3, -0.25) is 4.98 Å². The minimum absolute atomic E-state index is 0.421. The van der Waals surface area contributed by atoms with Gasteiger partial charge < -0.3 is 10.2 Å². The number of halogens is 1. The van der Waals surface area contributed by atoms with E-state index in [2.05, 4.69) is 20.9 Å². The van der Waals surface area contributed by atoms with Crippen LogP contribution >= 0.6 is 15.9 Å². The molecule has 0 radical (unpaired) electrons. The molecule has 0 aliphatic carbocycles. The molecule has 0 fully saturated rings. The highest BCUT2D eigenvalue weighted by molar-refractivity contribution is 9.10. The summed E-state index contributed by atoms with van der Waals surface area (Å²) in [5.74, 6) is 0. The molecule has 13 heavy (non-hydrogen) atoms. The Kier molecular flexibility index (Phi) is 3.84. The zero-order valence-electron chi connectivity index (χ0n) is 7.31. The first-order valence-electron chi connectivity index (χ1n) is 4.05. The summed E-state index contributed by atoms with van der Waals surface area (Å²) in [7, 11) is 0. The number of aromatic nitrogens is 1. The van der Waals surface area contributed by atoms with Crippen LogP contribution in [0.3, 0.4) is 0 Å². The summed E-state index contributed by atoms with van der Waals surface area (Å²) in [6.07, 6.45) is 2.34. The molecule has 2 atom stereocenters. The molecule has 0 aromatic carbocycles. The summed E-state index contributed by atoms with van der Waals surface area (Å²) < 4.78 is 0.878. The van der Waals surface area contributed by atoms with Crippen molar-refractivity contribution < 1.29 is 10.2 Å². The third kappa shape index (κ3) is 3.42. The van der Waals surface area contributed by atoms with Gasteiger partial charge in [0.25, 0.3) is 0 Å². The third-order valence-electron chi connectivity index (χ3n) is 1.76. The SMILES string of the molecule is CC(O)C(O)Cc1cncc(Br)c1. The van der Waals surface area contributed by atoms with Gasteiger partial charge in [0.05, 0.1) is 12.2 Å². The van der Waals surface area contributed by atoms with Crippen LogP contribution < -0.4 is 0 Å². The Labute approximate surface area is 85.6 Å². The van der Waals surface area contributed by atoms with E-state index in [1.54, 1.807) is 19.3 Å². The van der Waals surface area contributed by atoms with Crippen LogP contribution in [0.15, 0.2) is 22.9 Å². The number of hydrogen-bond acceptors (Lipinski definition) is 3. The van der Waals surface area contributed by atoms with Crippen molar-refractivity contribution in [3.8, 4) is 0 Å². The Morgan fingerprint density at radius 2 is 2.15 bits per heavy atom. The molecule has 0 saturated heterocycles. The maximum Gasteiger partial charge on any atom is 0.0837 e. The Bertz CT molecular complexity index is 278. The number of nitrogens with zero attached hydrogens (tertiary/aromatic N) is 1. The Balaban J connectivity index is 2.64. The van der Waals surface area contributed by atoms with Gasteiger partial charge >= 0.3 is 0 Å². The monoisotopic (exact) mass is 245 g/mol. The van der Waals surface area contributed by atoms with Gasteiger partial charge in [-0.15, -0.1) is 0 Å². The normalized spacial score (nSPS) is 15.4. The molecule has 0 spiro atoms. The van der Waals surface area contributed by atoms with Crippen LogP contribution in [-0.4, -0.2) is 27.4 Å². The van der Waals surface area contributed by atoms with Crippen molar-refractivity contribution in [2.45, 2.75) is 25.6 Å². The molecule has 4 heteroatoms. The Morgan fingerprint density at radius 1 is 1.46 bits per heavy atom. The van der Waals surface area contributed by atoms with Crippen molar-refractivity contribution in [2.75, 3.05) is 0 Å². The fourth-order valence-electron chi connectivity index (χ4n) is 0.980. The zero-order valence-corrected chi connectivity index (χ0v) is 8.90. The van der Waals surface area contributed by atoms with Crippen molar-refractivity contribution in [3.05, 3.63) is 28.5 Å². The molecular weight excluding hydrogens is 234 g/mol. The molecule has 72 valence electrons. The van der Waals surface area contributed by atoms with E-state index in [4.69, 9.17) is 5.11 Å². The predicted octanol–water partition coefficient (Wildman–Crippen LogP) is 1.13. The maximum atomic E-state index is 9.38. The molecule has 0 amide bonds. The van der Waals surface area contributed by atoms with Crippen LogP contribution in [0.25, 0.3) is 0 Å². The molecule has 1 heterocycles. The van der Waals surface area contributed by atoms with E-state index in [0.717, 1.165) is 10.0 Å². The second-order valence-corrected chi connectivity index (χ2v) is 3.94. The average molecular weight is 246 g/mol. The maximum absolute atomic E-state index is 9.38. The Morgan fingerprint density at radius 3 is 2.69 bits per heavy atom. The fraction of sp³-hybridized carbons (Fsp3) is 0.444. The lowest BCUT2D eigenvalue weighted by molar-refractivity contribution is 0.0319. The molecular formula is C9H12BrNO2. The zero-order chi connectivity index (χ0) is 9.84. The molecule has 2 unspecified atom stereocenters. The number of aliphatic hydroxyl groups excluding tert-OH is 2. The van der Waals surface area contributed by atoms with Crippen molar-refractivity contribution >= 4 is 15.9 Å². The predicted molar refractivity (Wildman–Crippen MR) is 53.3 cm³/mol. The minimum Gasteiger partial charge on any atom is -0.391 e. The van der Waals surface area contributed by atoms with E-state index in [1.807, 2.05) is 6.07 Å². The summed E-state index contributed by atoms with van der Waals surface area (Å²) in [4.78, 5) is 3.96. The van der Waals surface area contributed by atoms with Crippen molar-refractivity contribution in [1.29, 1.82) is 0 Å². The van der Waals surface area contributed by atoms with Gasteiger partial charge in [0.15, 0.2) is 0 Å². The van der Waals surface area contributed by atoms with Gasteiger partial charge in [0.1, 0.15) is 0 Å². The van der Waals surface area contributed by atoms with E-state index in [-0.39, 0.29) is 0 Å². The van der Waals surface area contributed by atoms with Crippen LogP contribution in [0.2, 0.25) is 0 Å². The van der Waals surface area contributed by atoms with Crippen molar-refractivity contribution in [2.24, 2.45) is 0 Å². The topological polar surface area (TPSA) is 53.4 Å². The lowest BCUT2D eigenvalue weighted by atomic mass is 10.1. The van der Waals surface area contributed by atoms with E-state index in [1.165, 1.54) is 0 Å². The van der Waals surface area contributed by atoms with Gasteiger partial charge in [-0.25, -0.2) is 0 Å². The molecule has 0 saturated carbocycles. The quantitative estimate of drug-likeness (QED) is 0.840. The smallest absolute Gasteiger partial charge is 0.0837 e. The first kappa shape index (κ1) is 10.6. The second kappa shape index (κ2) is 4.69.